The molecule has 2 atom stereocenters. The van der Waals surface area contributed by atoms with E-state index >= 15 is 0 Å². The third-order valence-corrected chi connectivity index (χ3v) is 5.15. The van der Waals surface area contributed by atoms with Crippen molar-refractivity contribution in [1.29, 1.82) is 0 Å². The number of phenolic OH excluding ortho intramolecular Hbond substituents is 1. The zero-order chi connectivity index (χ0) is 24.7. The number of carboxylic acid groups (broad SMARTS) is 1. The second kappa shape index (κ2) is 11.1. The summed E-state index contributed by atoms with van der Waals surface area (Å²) in [4.78, 5) is 40.4. The van der Waals surface area contributed by atoms with E-state index in [-0.39, 0.29) is 24.4 Å². The van der Waals surface area contributed by atoms with Crippen LogP contribution in [0.1, 0.15) is 33.9 Å². The Morgan fingerprint density at radius 3 is 2.65 bits per heavy atom. The molecule has 0 aromatic heterocycles. The van der Waals surface area contributed by atoms with Gasteiger partial charge in [-0.3, -0.25) is 19.4 Å². The zero-order valence-corrected chi connectivity index (χ0v) is 18.5. The molecular weight excluding hydrogens is 442 g/mol. The lowest BCUT2D eigenvalue weighted by Gasteiger charge is -2.21. The Kier molecular flexibility index (Phi) is 8.04. The highest BCUT2D eigenvalue weighted by molar-refractivity contribution is 6.00. The van der Waals surface area contributed by atoms with Gasteiger partial charge in [-0.05, 0) is 30.7 Å². The molecule has 1 heterocycles. The molecule has 0 bridgehead atoms. The number of aryl methyl sites for hydroxylation is 1. The molecule has 2 unspecified atom stereocenters. The summed E-state index contributed by atoms with van der Waals surface area (Å²) in [5.41, 5.74) is 2.08. The summed E-state index contributed by atoms with van der Waals surface area (Å²) in [5.74, 6) is -1.90. The largest absolute Gasteiger partial charge is 0.508 e. The maximum Gasteiger partial charge on any atom is 0.305 e. The monoisotopic (exact) mass is 469 g/mol. The number of carbonyl (C=O) groups excluding carboxylic acids is 2. The predicted octanol–water partition coefficient (Wildman–Crippen LogP) is 0.495. The van der Waals surface area contributed by atoms with Gasteiger partial charge in [0.2, 0.25) is 5.91 Å². The molecule has 0 saturated carbocycles. The number of aliphatic hydroxyl groups excluding tert-OH is 1. The number of phenols is 1. The fourth-order valence-electron chi connectivity index (χ4n) is 3.34. The van der Waals surface area contributed by atoms with Crippen molar-refractivity contribution in [3.8, 4) is 5.75 Å². The number of carbonyl (C=O) groups is 3. The van der Waals surface area contributed by atoms with Gasteiger partial charge in [-0.2, -0.15) is 0 Å². The number of aromatic hydroxyl groups is 1. The van der Waals surface area contributed by atoms with E-state index in [0.29, 0.717) is 23.8 Å². The second-order valence-corrected chi connectivity index (χ2v) is 7.84. The first-order valence-corrected chi connectivity index (χ1v) is 10.6. The summed E-state index contributed by atoms with van der Waals surface area (Å²) in [6.07, 6.45) is -0.977. The van der Waals surface area contributed by atoms with Crippen LogP contribution in [0.15, 0.2) is 47.5 Å². The van der Waals surface area contributed by atoms with Crippen molar-refractivity contribution in [2.75, 3.05) is 25.0 Å². The molecule has 1 aliphatic heterocycles. The van der Waals surface area contributed by atoms with Crippen molar-refractivity contribution in [2.24, 2.45) is 4.99 Å². The maximum absolute atomic E-state index is 12.6. The van der Waals surface area contributed by atoms with E-state index in [2.05, 4.69) is 26.3 Å². The number of nitrogens with one attached hydrogen (secondary N) is 4. The van der Waals surface area contributed by atoms with Crippen LogP contribution in [0.5, 0.6) is 5.75 Å². The summed E-state index contributed by atoms with van der Waals surface area (Å²) in [6, 6.07) is 10.2. The zero-order valence-electron chi connectivity index (χ0n) is 18.5. The number of hydrogen-bond donors (Lipinski definition) is 7. The van der Waals surface area contributed by atoms with Crippen molar-refractivity contribution in [2.45, 2.75) is 25.5 Å². The van der Waals surface area contributed by atoms with Crippen molar-refractivity contribution >= 4 is 29.4 Å². The van der Waals surface area contributed by atoms with Gasteiger partial charge in [-0.25, -0.2) is 0 Å². The van der Waals surface area contributed by atoms with E-state index < -0.39 is 36.4 Å². The van der Waals surface area contributed by atoms with Crippen molar-refractivity contribution in [3.63, 3.8) is 0 Å². The Morgan fingerprint density at radius 1 is 1.21 bits per heavy atom. The number of rotatable bonds is 8. The summed E-state index contributed by atoms with van der Waals surface area (Å²) >= 11 is 0. The van der Waals surface area contributed by atoms with Gasteiger partial charge in [0.15, 0.2) is 5.96 Å². The lowest BCUT2D eigenvalue weighted by Crippen LogP contribution is -2.42. The van der Waals surface area contributed by atoms with Crippen LogP contribution in [-0.2, 0) is 9.59 Å². The summed E-state index contributed by atoms with van der Waals surface area (Å²) < 4.78 is 0. The fourth-order valence-corrected chi connectivity index (χ4v) is 3.34. The number of benzene rings is 2. The molecule has 0 saturated heterocycles. The van der Waals surface area contributed by atoms with Gasteiger partial charge in [0.1, 0.15) is 5.75 Å². The van der Waals surface area contributed by atoms with Gasteiger partial charge in [0, 0.05) is 23.4 Å². The number of aliphatic hydroxyl groups is 1. The van der Waals surface area contributed by atoms with Crippen LogP contribution in [-0.4, -0.2) is 64.8 Å². The summed E-state index contributed by atoms with van der Waals surface area (Å²) in [7, 11) is 0. The third-order valence-electron chi connectivity index (χ3n) is 5.15. The number of anilines is 1. The molecule has 0 spiro atoms. The lowest BCUT2D eigenvalue weighted by atomic mass is 10.0. The molecule has 34 heavy (non-hydrogen) atoms. The van der Waals surface area contributed by atoms with Crippen molar-refractivity contribution in [1.82, 2.24) is 16.0 Å². The van der Waals surface area contributed by atoms with Crippen molar-refractivity contribution < 1.29 is 29.7 Å². The number of aliphatic carboxylic acids is 1. The topological polar surface area (TPSA) is 172 Å². The number of para-hydroxylation sites is 1. The average molecular weight is 469 g/mol. The molecule has 3 rings (SSSR count). The SMILES string of the molecule is Cc1ccc(C(=O)NCC(=O)NC(CC(=O)O)c2ccccc2O)cc1NC1=NCC(O)CN1. The van der Waals surface area contributed by atoms with Crippen LogP contribution in [0.3, 0.4) is 0 Å². The Bertz CT molecular complexity index is 1100. The van der Waals surface area contributed by atoms with Gasteiger partial charge in [-0.1, -0.05) is 24.3 Å². The number of carboxylic acids is 1. The molecule has 0 fully saturated rings. The first kappa shape index (κ1) is 24.5. The summed E-state index contributed by atoms with van der Waals surface area (Å²) in [5, 5.41) is 39.8. The Hall–Kier alpha value is -4.12. The molecule has 0 aliphatic carbocycles. The highest BCUT2D eigenvalue weighted by Gasteiger charge is 2.21. The second-order valence-electron chi connectivity index (χ2n) is 7.84. The van der Waals surface area contributed by atoms with E-state index in [4.69, 9.17) is 5.11 Å². The van der Waals surface area contributed by atoms with Gasteiger partial charge in [-0.15, -0.1) is 0 Å². The molecular formula is C23H27N5O6. The average Bonchev–Trinajstić information content (AvgIpc) is 2.80. The maximum atomic E-state index is 12.6. The number of nitrogens with zero attached hydrogens (tertiary/aromatic N) is 1. The molecule has 2 amide bonds. The van der Waals surface area contributed by atoms with Crippen LogP contribution in [0, 0.1) is 6.92 Å². The minimum absolute atomic E-state index is 0.135. The van der Waals surface area contributed by atoms with E-state index in [0.717, 1.165) is 5.56 Å². The van der Waals surface area contributed by atoms with Crippen molar-refractivity contribution in [3.05, 3.63) is 59.2 Å². The van der Waals surface area contributed by atoms with E-state index in [9.17, 15) is 24.6 Å². The Balaban J connectivity index is 1.61. The molecule has 2 aromatic rings. The molecule has 2 aromatic carbocycles. The number of amides is 2. The molecule has 11 heteroatoms. The molecule has 1 aliphatic rings. The molecule has 180 valence electrons. The highest BCUT2D eigenvalue weighted by Crippen LogP contribution is 2.26. The quantitative estimate of drug-likeness (QED) is 0.293. The smallest absolute Gasteiger partial charge is 0.305 e. The minimum atomic E-state index is -1.15. The van der Waals surface area contributed by atoms with Crippen LogP contribution >= 0.6 is 0 Å². The van der Waals surface area contributed by atoms with Crippen LogP contribution < -0.4 is 21.3 Å². The first-order valence-electron chi connectivity index (χ1n) is 10.6. The van der Waals surface area contributed by atoms with Crippen LogP contribution in [0.2, 0.25) is 0 Å². The first-order chi connectivity index (χ1) is 16.2. The van der Waals surface area contributed by atoms with E-state index in [1.807, 2.05) is 6.92 Å². The number of guanidine groups is 1. The Morgan fingerprint density at radius 2 is 1.97 bits per heavy atom. The minimum Gasteiger partial charge on any atom is -0.508 e. The predicted molar refractivity (Wildman–Crippen MR) is 125 cm³/mol. The Labute approximate surface area is 195 Å². The van der Waals surface area contributed by atoms with E-state index in [1.165, 1.54) is 12.1 Å². The van der Waals surface area contributed by atoms with Gasteiger partial charge < -0.3 is 36.6 Å². The van der Waals surface area contributed by atoms with Gasteiger partial charge in [0.25, 0.3) is 5.91 Å². The van der Waals surface area contributed by atoms with E-state index in [1.54, 1.807) is 30.3 Å². The number of aliphatic imine (C=N–C) groups is 1. The molecule has 0 radical (unpaired) electrons. The normalized spacial score (nSPS) is 15.9. The summed E-state index contributed by atoms with van der Waals surface area (Å²) in [6.45, 7) is 2.11. The molecule has 11 nitrogen and oxygen atoms in total. The standard InChI is InChI=1S/C23H27N5O6/c1-13-6-7-14(8-17(13)28-23-25-10-15(29)11-26-23)22(34)24-12-20(31)27-18(9-21(32)33)16-4-2-3-5-19(16)30/h2-8,15,18,29-30H,9-12H2,1H3,(H,24,34)(H,27,31)(H,32,33)(H2,25,26,28). The van der Waals surface area contributed by atoms with Crippen LogP contribution in [0.4, 0.5) is 5.69 Å². The van der Waals surface area contributed by atoms with Gasteiger partial charge >= 0.3 is 5.97 Å². The van der Waals surface area contributed by atoms with Crippen LogP contribution in [0.25, 0.3) is 0 Å². The fraction of sp³-hybridized carbons (Fsp3) is 0.304. The number of hydrogen-bond acceptors (Lipinski definition) is 8. The molecule has 7 N–H and O–H groups in total. The highest BCUT2D eigenvalue weighted by atomic mass is 16.4. The van der Waals surface area contributed by atoms with Gasteiger partial charge in [0.05, 0.1) is 31.7 Å². The third kappa shape index (κ3) is 6.69. The number of β-amino-alcohol motifs (C(OH)–C–C–N with tert-alkyl or cyclic N) is 1. The lowest BCUT2D eigenvalue weighted by molar-refractivity contribution is -0.137.